The summed E-state index contributed by atoms with van der Waals surface area (Å²) in [5, 5.41) is 0. The number of rotatable bonds is 6. The van der Waals surface area contributed by atoms with Crippen molar-refractivity contribution in [3.63, 3.8) is 0 Å². The topological polar surface area (TPSA) is 35.5 Å². The molecule has 1 rings (SSSR count). The highest BCUT2D eigenvalue weighted by atomic mass is 17.2. The Balaban J connectivity index is 2.26. The van der Waals surface area contributed by atoms with E-state index in [0.717, 1.165) is 18.4 Å². The summed E-state index contributed by atoms with van der Waals surface area (Å²) in [6.45, 7) is 2.49. The average molecular weight is 220 g/mol. The highest BCUT2D eigenvalue weighted by Gasteiger charge is 1.97. The predicted molar refractivity (Wildman–Crippen MR) is 62.4 cm³/mol. The summed E-state index contributed by atoms with van der Waals surface area (Å²) in [6.07, 6.45) is 4.93. The van der Waals surface area contributed by atoms with Gasteiger partial charge in [0, 0.05) is 6.08 Å². The van der Waals surface area contributed by atoms with Crippen LogP contribution in [0.4, 0.5) is 0 Å². The van der Waals surface area contributed by atoms with Gasteiger partial charge in [0.25, 0.3) is 0 Å². The molecule has 0 aliphatic rings. The molecule has 16 heavy (non-hydrogen) atoms. The molecule has 0 fully saturated rings. The lowest BCUT2D eigenvalue weighted by Gasteiger charge is -1.99. The maximum atomic E-state index is 11.1. The van der Waals surface area contributed by atoms with E-state index in [9.17, 15) is 4.79 Å². The second-order valence-electron chi connectivity index (χ2n) is 3.32. The van der Waals surface area contributed by atoms with Gasteiger partial charge in [-0.2, -0.15) is 4.89 Å². The summed E-state index contributed by atoms with van der Waals surface area (Å²) < 4.78 is 0. The van der Waals surface area contributed by atoms with Crippen molar-refractivity contribution in [3.05, 3.63) is 42.0 Å². The third-order valence-corrected chi connectivity index (χ3v) is 1.93. The van der Waals surface area contributed by atoms with Crippen molar-refractivity contribution in [1.82, 2.24) is 0 Å². The maximum Gasteiger partial charge on any atom is 0.365 e. The minimum atomic E-state index is -0.486. The molecule has 1 aromatic carbocycles. The van der Waals surface area contributed by atoms with E-state index < -0.39 is 5.97 Å². The van der Waals surface area contributed by atoms with Crippen LogP contribution in [0.15, 0.2) is 36.4 Å². The van der Waals surface area contributed by atoms with Crippen LogP contribution in [-0.4, -0.2) is 12.6 Å². The average Bonchev–Trinajstić information content (AvgIpc) is 2.33. The maximum absolute atomic E-state index is 11.1. The quantitative estimate of drug-likeness (QED) is 0.320. The number of unbranched alkanes of at least 4 members (excludes halogenated alkanes) is 1. The van der Waals surface area contributed by atoms with Gasteiger partial charge in [-0.25, -0.2) is 4.79 Å². The van der Waals surface area contributed by atoms with Crippen molar-refractivity contribution >= 4 is 12.0 Å². The Hall–Kier alpha value is -1.61. The molecule has 0 amide bonds. The molecule has 0 atom stereocenters. The second-order valence-corrected chi connectivity index (χ2v) is 3.32. The van der Waals surface area contributed by atoms with Crippen LogP contribution in [-0.2, 0) is 14.6 Å². The largest absolute Gasteiger partial charge is 0.365 e. The number of benzene rings is 1. The highest BCUT2D eigenvalue weighted by molar-refractivity contribution is 5.86. The van der Waals surface area contributed by atoms with Crippen molar-refractivity contribution in [1.29, 1.82) is 0 Å². The highest BCUT2D eigenvalue weighted by Crippen LogP contribution is 2.01. The Kier molecular flexibility index (Phi) is 5.96. The third-order valence-electron chi connectivity index (χ3n) is 1.93. The number of carbonyl (C=O) groups excluding carboxylic acids is 1. The number of hydrogen-bond donors (Lipinski definition) is 0. The van der Waals surface area contributed by atoms with Crippen molar-refractivity contribution < 1.29 is 14.6 Å². The van der Waals surface area contributed by atoms with E-state index in [1.54, 1.807) is 6.08 Å². The first-order valence-corrected chi connectivity index (χ1v) is 5.39. The van der Waals surface area contributed by atoms with E-state index in [1.165, 1.54) is 6.08 Å². The van der Waals surface area contributed by atoms with Gasteiger partial charge < -0.3 is 0 Å². The van der Waals surface area contributed by atoms with E-state index in [2.05, 4.69) is 4.89 Å². The molecule has 0 aliphatic heterocycles. The molecule has 0 saturated heterocycles. The molecule has 0 spiro atoms. The van der Waals surface area contributed by atoms with E-state index in [-0.39, 0.29) is 0 Å². The normalized spacial score (nSPS) is 10.6. The Morgan fingerprint density at radius 2 is 2.06 bits per heavy atom. The lowest BCUT2D eigenvalue weighted by Crippen LogP contribution is -2.02. The van der Waals surface area contributed by atoms with Crippen LogP contribution >= 0.6 is 0 Å². The lowest BCUT2D eigenvalue weighted by molar-refractivity contribution is -0.267. The molecule has 0 saturated carbocycles. The zero-order valence-corrected chi connectivity index (χ0v) is 9.39. The predicted octanol–water partition coefficient (Wildman–Crippen LogP) is 2.97. The van der Waals surface area contributed by atoms with Crippen molar-refractivity contribution in [2.75, 3.05) is 6.61 Å². The first kappa shape index (κ1) is 12.5. The molecular weight excluding hydrogens is 204 g/mol. The molecule has 0 heterocycles. The molecule has 0 aliphatic carbocycles. The molecule has 1 aromatic rings. The minimum Gasteiger partial charge on any atom is -0.294 e. The summed E-state index contributed by atoms with van der Waals surface area (Å²) in [4.78, 5) is 20.4. The fourth-order valence-corrected chi connectivity index (χ4v) is 1.06. The van der Waals surface area contributed by atoms with Gasteiger partial charge in [-0.3, -0.25) is 4.89 Å². The second kappa shape index (κ2) is 7.65. The fraction of sp³-hybridized carbons (Fsp3) is 0.308. The summed E-state index contributed by atoms with van der Waals surface area (Å²) in [7, 11) is 0. The SMILES string of the molecule is CCCCOOC(=O)C=Cc1ccccc1. The smallest absolute Gasteiger partial charge is 0.294 e. The molecule has 0 radical (unpaired) electrons. The van der Waals surface area contributed by atoms with Crippen LogP contribution in [0.1, 0.15) is 25.3 Å². The zero-order valence-electron chi connectivity index (χ0n) is 9.39. The Morgan fingerprint density at radius 1 is 1.31 bits per heavy atom. The van der Waals surface area contributed by atoms with Gasteiger partial charge in [-0.1, -0.05) is 43.7 Å². The van der Waals surface area contributed by atoms with Gasteiger partial charge in [-0.05, 0) is 18.1 Å². The van der Waals surface area contributed by atoms with Crippen LogP contribution in [0.5, 0.6) is 0 Å². The first-order chi connectivity index (χ1) is 7.83. The molecule has 3 heteroatoms. The van der Waals surface area contributed by atoms with E-state index >= 15 is 0 Å². The van der Waals surface area contributed by atoms with Gasteiger partial charge in [0.05, 0.1) is 6.61 Å². The van der Waals surface area contributed by atoms with Gasteiger partial charge in [-0.15, -0.1) is 0 Å². The van der Waals surface area contributed by atoms with E-state index in [4.69, 9.17) is 4.89 Å². The number of carbonyl (C=O) groups is 1. The standard InChI is InChI=1S/C13H16O3/c1-2-3-11-15-16-13(14)10-9-12-7-5-4-6-8-12/h4-10H,2-3,11H2,1H3. The summed E-state index contributed by atoms with van der Waals surface area (Å²) >= 11 is 0. The minimum absolute atomic E-state index is 0.446. The van der Waals surface area contributed by atoms with Crippen LogP contribution < -0.4 is 0 Å². The third kappa shape index (κ3) is 5.32. The monoisotopic (exact) mass is 220 g/mol. The van der Waals surface area contributed by atoms with Crippen LogP contribution in [0.25, 0.3) is 6.08 Å². The van der Waals surface area contributed by atoms with Crippen LogP contribution in [0.2, 0.25) is 0 Å². The Morgan fingerprint density at radius 3 is 2.75 bits per heavy atom. The van der Waals surface area contributed by atoms with Crippen LogP contribution in [0, 0.1) is 0 Å². The summed E-state index contributed by atoms with van der Waals surface area (Å²) in [5.41, 5.74) is 0.952. The molecule has 0 N–H and O–H groups in total. The molecule has 86 valence electrons. The van der Waals surface area contributed by atoms with Gasteiger partial charge in [0.15, 0.2) is 0 Å². The van der Waals surface area contributed by atoms with E-state index in [0.29, 0.717) is 6.61 Å². The zero-order chi connectivity index (χ0) is 11.6. The van der Waals surface area contributed by atoms with Gasteiger partial charge in [0.1, 0.15) is 0 Å². The summed E-state index contributed by atoms with van der Waals surface area (Å²) in [6, 6.07) is 9.54. The van der Waals surface area contributed by atoms with Gasteiger partial charge >= 0.3 is 5.97 Å². The first-order valence-electron chi connectivity index (χ1n) is 5.39. The van der Waals surface area contributed by atoms with Crippen LogP contribution in [0.3, 0.4) is 0 Å². The Labute approximate surface area is 95.6 Å². The Bertz CT molecular complexity index is 330. The molecule has 0 aromatic heterocycles. The summed E-state index contributed by atoms with van der Waals surface area (Å²) in [5.74, 6) is -0.486. The number of hydrogen-bond acceptors (Lipinski definition) is 3. The molecule has 0 unspecified atom stereocenters. The molecular formula is C13H16O3. The van der Waals surface area contributed by atoms with Gasteiger partial charge in [0.2, 0.25) is 0 Å². The lowest BCUT2D eigenvalue weighted by atomic mass is 10.2. The fourth-order valence-electron chi connectivity index (χ4n) is 1.06. The van der Waals surface area contributed by atoms with Crippen molar-refractivity contribution in [3.8, 4) is 0 Å². The van der Waals surface area contributed by atoms with Crippen molar-refractivity contribution in [2.45, 2.75) is 19.8 Å². The van der Waals surface area contributed by atoms with E-state index in [1.807, 2.05) is 37.3 Å². The molecule has 3 nitrogen and oxygen atoms in total. The van der Waals surface area contributed by atoms with Crippen molar-refractivity contribution in [2.24, 2.45) is 0 Å². The molecule has 0 bridgehead atoms.